The Morgan fingerprint density at radius 3 is 3.00 bits per heavy atom. The van der Waals surface area contributed by atoms with Gasteiger partial charge in [-0.25, -0.2) is 5.10 Å². The summed E-state index contributed by atoms with van der Waals surface area (Å²) in [5, 5.41) is 21.3. The summed E-state index contributed by atoms with van der Waals surface area (Å²) in [4.78, 5) is 9.91. The first-order valence-electron chi connectivity index (χ1n) is 6.31. The van der Waals surface area contributed by atoms with Crippen LogP contribution in [0.4, 0.5) is 5.88 Å². The highest BCUT2D eigenvalue weighted by Gasteiger charge is 2.10. The Hall–Kier alpha value is -3.27. The molecule has 116 valence electrons. The van der Waals surface area contributed by atoms with Crippen LogP contribution in [0.2, 0.25) is 0 Å². The molecule has 0 unspecified atom stereocenters. The first-order valence-corrected chi connectivity index (χ1v) is 6.72. The second kappa shape index (κ2) is 6.23. The largest absolute Gasteiger partial charge is 0.461 e. The number of nitro groups is 1. The van der Waals surface area contributed by atoms with E-state index >= 15 is 0 Å². The van der Waals surface area contributed by atoms with Crippen LogP contribution in [0, 0.1) is 14.9 Å². The van der Waals surface area contributed by atoms with Gasteiger partial charge in [0.2, 0.25) is 10.6 Å². The quantitative estimate of drug-likeness (QED) is 0.332. The van der Waals surface area contributed by atoms with Crippen LogP contribution in [0.1, 0.15) is 5.76 Å². The van der Waals surface area contributed by atoms with Gasteiger partial charge in [0.05, 0.1) is 12.3 Å². The molecule has 3 aromatic rings. The molecule has 0 aromatic carbocycles. The van der Waals surface area contributed by atoms with E-state index in [2.05, 4.69) is 15.3 Å². The minimum atomic E-state index is -0.605. The number of furan rings is 2. The van der Waals surface area contributed by atoms with E-state index < -0.39 is 4.92 Å². The summed E-state index contributed by atoms with van der Waals surface area (Å²) in [6.45, 7) is 0. The Bertz CT molecular complexity index is 932. The monoisotopic (exact) mass is 331 g/mol. The van der Waals surface area contributed by atoms with Crippen molar-refractivity contribution in [2.45, 2.75) is 0 Å². The maximum atomic E-state index is 10.5. The van der Waals surface area contributed by atoms with E-state index in [1.807, 2.05) is 0 Å². The van der Waals surface area contributed by atoms with Gasteiger partial charge in [-0.05, 0) is 42.6 Å². The average Bonchev–Trinajstić information content (AvgIpc) is 3.25. The summed E-state index contributed by atoms with van der Waals surface area (Å²) >= 11 is 5.09. The van der Waals surface area contributed by atoms with Crippen molar-refractivity contribution >= 4 is 30.4 Å². The van der Waals surface area contributed by atoms with E-state index in [4.69, 9.17) is 21.1 Å². The molecule has 0 aliphatic carbocycles. The van der Waals surface area contributed by atoms with Gasteiger partial charge in [0.15, 0.2) is 5.76 Å². The molecule has 0 aliphatic heterocycles. The fourth-order valence-corrected chi connectivity index (χ4v) is 1.92. The number of aromatic amines is 1. The highest BCUT2D eigenvalue weighted by Crippen LogP contribution is 2.18. The van der Waals surface area contributed by atoms with Crippen LogP contribution < -0.4 is 0 Å². The number of allylic oxidation sites excluding steroid dienone is 1. The second-order valence-electron chi connectivity index (χ2n) is 4.20. The summed E-state index contributed by atoms with van der Waals surface area (Å²) in [5.41, 5.74) is 0. The number of aromatic nitrogens is 3. The van der Waals surface area contributed by atoms with Gasteiger partial charge in [0.1, 0.15) is 10.7 Å². The number of hydrogen-bond donors (Lipinski definition) is 1. The lowest BCUT2D eigenvalue weighted by Crippen LogP contribution is -1.92. The Morgan fingerprint density at radius 2 is 2.30 bits per heavy atom. The van der Waals surface area contributed by atoms with E-state index in [0.717, 1.165) is 0 Å². The zero-order valence-corrected chi connectivity index (χ0v) is 12.3. The average molecular weight is 331 g/mol. The Balaban J connectivity index is 1.78. The van der Waals surface area contributed by atoms with Crippen LogP contribution in [0.25, 0.3) is 17.7 Å². The highest BCUT2D eigenvalue weighted by atomic mass is 32.1. The number of rotatable bonds is 5. The molecule has 23 heavy (non-hydrogen) atoms. The molecule has 3 heterocycles. The molecule has 0 spiro atoms. The molecule has 0 saturated carbocycles. The SMILES string of the molecule is O=[N+]([O-])c1ccc(C=CC=Nn2c(-c3ccco3)n[nH]c2=S)o1. The van der Waals surface area contributed by atoms with Crippen LogP contribution >= 0.6 is 12.2 Å². The summed E-state index contributed by atoms with van der Waals surface area (Å²) in [7, 11) is 0. The van der Waals surface area contributed by atoms with E-state index in [-0.39, 0.29) is 5.88 Å². The zero-order chi connectivity index (χ0) is 16.2. The van der Waals surface area contributed by atoms with Crippen molar-refractivity contribution in [1.29, 1.82) is 0 Å². The predicted octanol–water partition coefficient (Wildman–Crippen LogP) is 3.25. The molecular formula is C13H9N5O4S. The minimum Gasteiger partial charge on any atom is -0.461 e. The summed E-state index contributed by atoms with van der Waals surface area (Å²) in [6.07, 6.45) is 6.06. The Labute approximate surface area is 133 Å². The third-order valence-corrected chi connectivity index (χ3v) is 2.98. The third kappa shape index (κ3) is 3.16. The van der Waals surface area contributed by atoms with Gasteiger partial charge < -0.3 is 8.83 Å². The molecule has 0 aliphatic rings. The van der Waals surface area contributed by atoms with Gasteiger partial charge in [0, 0.05) is 6.21 Å². The summed E-state index contributed by atoms with van der Waals surface area (Å²) in [6, 6.07) is 6.22. The molecule has 0 amide bonds. The van der Waals surface area contributed by atoms with E-state index in [1.165, 1.54) is 35.4 Å². The van der Waals surface area contributed by atoms with E-state index in [9.17, 15) is 10.1 Å². The number of hydrogen-bond acceptors (Lipinski definition) is 7. The summed E-state index contributed by atoms with van der Waals surface area (Å²) in [5.74, 6) is 0.961. The molecule has 0 bridgehead atoms. The second-order valence-corrected chi connectivity index (χ2v) is 4.58. The Morgan fingerprint density at radius 1 is 1.43 bits per heavy atom. The topological polar surface area (TPSA) is 115 Å². The smallest absolute Gasteiger partial charge is 0.433 e. The van der Waals surface area contributed by atoms with Crippen molar-refractivity contribution in [1.82, 2.24) is 14.9 Å². The molecule has 10 heteroatoms. The molecule has 0 saturated heterocycles. The van der Waals surface area contributed by atoms with Crippen molar-refractivity contribution < 1.29 is 13.8 Å². The minimum absolute atomic E-state index is 0.301. The molecule has 0 fully saturated rings. The lowest BCUT2D eigenvalue weighted by atomic mass is 10.4. The Kier molecular flexibility index (Phi) is 3.97. The van der Waals surface area contributed by atoms with Crippen molar-refractivity contribution in [3.63, 3.8) is 0 Å². The highest BCUT2D eigenvalue weighted by molar-refractivity contribution is 7.71. The van der Waals surface area contributed by atoms with Gasteiger partial charge in [-0.1, -0.05) is 0 Å². The molecular weight excluding hydrogens is 322 g/mol. The molecule has 0 atom stereocenters. The maximum absolute atomic E-state index is 10.5. The molecule has 9 nitrogen and oxygen atoms in total. The number of H-pyrrole nitrogens is 1. The fraction of sp³-hybridized carbons (Fsp3) is 0. The number of nitrogens with zero attached hydrogens (tertiary/aromatic N) is 4. The maximum Gasteiger partial charge on any atom is 0.433 e. The molecule has 3 aromatic heterocycles. The lowest BCUT2D eigenvalue weighted by Gasteiger charge is -1.95. The standard InChI is InChI=1S/C13H9N5O4S/c19-18(20)11-6-5-9(22-11)3-1-7-14-17-12(15-16-13(17)23)10-4-2-8-21-10/h1-8H,(H,16,23). The van der Waals surface area contributed by atoms with Crippen molar-refractivity contribution in [2.24, 2.45) is 5.10 Å². The van der Waals surface area contributed by atoms with Gasteiger partial charge in [0.25, 0.3) is 0 Å². The predicted molar refractivity (Wildman–Crippen MR) is 83.4 cm³/mol. The van der Waals surface area contributed by atoms with Gasteiger partial charge in [-0.2, -0.15) is 9.78 Å². The number of nitrogens with one attached hydrogen (secondary N) is 1. The first kappa shape index (κ1) is 14.7. The lowest BCUT2D eigenvalue weighted by molar-refractivity contribution is -0.402. The zero-order valence-electron chi connectivity index (χ0n) is 11.4. The van der Waals surface area contributed by atoms with Crippen LogP contribution in [-0.2, 0) is 0 Å². The van der Waals surface area contributed by atoms with Crippen molar-refractivity contribution in [3.05, 3.63) is 57.3 Å². The van der Waals surface area contributed by atoms with E-state index in [1.54, 1.807) is 18.2 Å². The third-order valence-electron chi connectivity index (χ3n) is 2.71. The fourth-order valence-electron chi connectivity index (χ4n) is 1.74. The van der Waals surface area contributed by atoms with Crippen LogP contribution in [-0.4, -0.2) is 26.0 Å². The van der Waals surface area contributed by atoms with Gasteiger partial charge in [-0.3, -0.25) is 10.1 Å². The molecule has 0 radical (unpaired) electrons. The molecule has 3 rings (SSSR count). The van der Waals surface area contributed by atoms with Crippen LogP contribution in [0.15, 0.2) is 50.5 Å². The van der Waals surface area contributed by atoms with Crippen LogP contribution in [0.3, 0.4) is 0 Å². The molecule has 1 N–H and O–H groups in total. The van der Waals surface area contributed by atoms with Gasteiger partial charge in [-0.15, -0.1) is 5.10 Å². The van der Waals surface area contributed by atoms with Gasteiger partial charge >= 0.3 is 5.88 Å². The van der Waals surface area contributed by atoms with E-state index in [0.29, 0.717) is 22.1 Å². The summed E-state index contributed by atoms with van der Waals surface area (Å²) < 4.78 is 11.9. The van der Waals surface area contributed by atoms with Crippen molar-refractivity contribution in [2.75, 3.05) is 0 Å². The van der Waals surface area contributed by atoms with Crippen molar-refractivity contribution in [3.8, 4) is 11.6 Å². The van der Waals surface area contributed by atoms with Crippen LogP contribution in [0.5, 0.6) is 0 Å². The first-order chi connectivity index (χ1) is 11.1. The normalized spacial score (nSPS) is 11.7.